The second kappa shape index (κ2) is 6.19. The van der Waals surface area contributed by atoms with Crippen LogP contribution in [-0.4, -0.2) is 0 Å². The van der Waals surface area contributed by atoms with E-state index >= 15 is 0 Å². The standard InChI is InChI=1S/C25H23/c1-2-8-18(9-3-1)21-16-20-12-7-15-24(25(20)17-21)23-14-6-11-19-10-4-5-13-22(19)23/h4-7,10-18H,1-3,8-9H2. The lowest BCUT2D eigenvalue weighted by atomic mass is 9.83. The van der Waals surface area contributed by atoms with Crippen molar-refractivity contribution in [1.82, 2.24) is 0 Å². The molecular formula is C25H23. The SMILES string of the molecule is [CH]1C(C2CCCCC2)=Cc2c1cccc2-c1cccc2ccccc12. The Morgan fingerprint density at radius 2 is 1.44 bits per heavy atom. The van der Waals surface area contributed by atoms with E-state index in [0.717, 1.165) is 5.92 Å². The molecule has 0 heterocycles. The van der Waals surface area contributed by atoms with Gasteiger partial charge in [-0.3, -0.25) is 0 Å². The molecule has 3 aromatic rings. The van der Waals surface area contributed by atoms with Crippen molar-refractivity contribution in [3.8, 4) is 11.1 Å². The first-order chi connectivity index (χ1) is 12.4. The number of benzene rings is 3. The third-order valence-electron chi connectivity index (χ3n) is 5.93. The molecule has 0 spiro atoms. The minimum absolute atomic E-state index is 0.765. The van der Waals surface area contributed by atoms with E-state index in [2.05, 4.69) is 73.2 Å². The molecular weight excluding hydrogens is 300 g/mol. The fourth-order valence-electron chi connectivity index (χ4n) is 4.62. The maximum Gasteiger partial charge on any atom is 0.0167 e. The van der Waals surface area contributed by atoms with E-state index in [9.17, 15) is 0 Å². The molecule has 0 aliphatic heterocycles. The summed E-state index contributed by atoms with van der Waals surface area (Å²) in [4.78, 5) is 0. The molecule has 3 aromatic carbocycles. The lowest BCUT2D eigenvalue weighted by molar-refractivity contribution is 0.408. The number of allylic oxidation sites excluding steroid dienone is 1. The smallest absolute Gasteiger partial charge is 0.0167 e. The lowest BCUT2D eigenvalue weighted by Crippen LogP contribution is -2.08. The van der Waals surface area contributed by atoms with Crippen LogP contribution in [0, 0.1) is 12.3 Å². The van der Waals surface area contributed by atoms with Gasteiger partial charge in [-0.1, -0.05) is 91.6 Å². The van der Waals surface area contributed by atoms with Gasteiger partial charge in [0.15, 0.2) is 0 Å². The van der Waals surface area contributed by atoms with Crippen molar-refractivity contribution in [2.75, 3.05) is 0 Å². The summed E-state index contributed by atoms with van der Waals surface area (Å²) in [5, 5.41) is 2.66. The summed E-state index contributed by atoms with van der Waals surface area (Å²) in [6.07, 6.45) is 11.8. The van der Waals surface area contributed by atoms with Gasteiger partial charge in [0.05, 0.1) is 0 Å². The molecule has 25 heavy (non-hydrogen) atoms. The molecule has 0 saturated heterocycles. The number of hydrogen-bond donors (Lipinski definition) is 0. The molecule has 0 bridgehead atoms. The van der Waals surface area contributed by atoms with Crippen LogP contribution in [0.2, 0.25) is 0 Å². The summed E-state index contributed by atoms with van der Waals surface area (Å²) in [6.45, 7) is 0. The zero-order valence-corrected chi connectivity index (χ0v) is 14.5. The molecule has 0 unspecified atom stereocenters. The van der Waals surface area contributed by atoms with Gasteiger partial charge >= 0.3 is 0 Å². The third-order valence-corrected chi connectivity index (χ3v) is 5.93. The Hall–Kier alpha value is -2.34. The molecule has 0 amide bonds. The van der Waals surface area contributed by atoms with Crippen LogP contribution in [0.4, 0.5) is 0 Å². The molecule has 5 rings (SSSR count). The summed E-state index contributed by atoms with van der Waals surface area (Å²) in [7, 11) is 0. The van der Waals surface area contributed by atoms with Gasteiger partial charge in [-0.15, -0.1) is 0 Å². The molecule has 0 atom stereocenters. The Labute approximate surface area is 150 Å². The van der Waals surface area contributed by atoms with Gasteiger partial charge in [-0.2, -0.15) is 0 Å². The quantitative estimate of drug-likeness (QED) is 0.474. The average molecular weight is 323 g/mol. The van der Waals surface area contributed by atoms with Gasteiger partial charge in [-0.25, -0.2) is 0 Å². The van der Waals surface area contributed by atoms with Gasteiger partial charge in [0, 0.05) is 6.42 Å². The van der Waals surface area contributed by atoms with E-state index in [1.54, 1.807) is 5.57 Å². The average Bonchev–Trinajstić information content (AvgIpc) is 3.13. The number of hydrogen-bond acceptors (Lipinski definition) is 0. The summed E-state index contributed by atoms with van der Waals surface area (Å²) < 4.78 is 0. The van der Waals surface area contributed by atoms with Crippen LogP contribution < -0.4 is 0 Å². The maximum atomic E-state index is 2.47. The minimum atomic E-state index is 0.765. The van der Waals surface area contributed by atoms with E-state index in [-0.39, 0.29) is 0 Å². The normalized spacial score (nSPS) is 17.5. The fourth-order valence-corrected chi connectivity index (χ4v) is 4.62. The highest BCUT2D eigenvalue weighted by atomic mass is 14.3. The summed E-state index contributed by atoms with van der Waals surface area (Å²) >= 11 is 0. The van der Waals surface area contributed by atoms with Crippen molar-refractivity contribution in [1.29, 1.82) is 0 Å². The van der Waals surface area contributed by atoms with Gasteiger partial charge in [-0.05, 0) is 51.8 Å². The zero-order valence-electron chi connectivity index (χ0n) is 14.5. The first-order valence-electron chi connectivity index (χ1n) is 9.58. The molecule has 0 N–H and O–H groups in total. The van der Waals surface area contributed by atoms with E-state index in [1.165, 1.54) is 65.1 Å². The third kappa shape index (κ3) is 2.61. The van der Waals surface area contributed by atoms with Crippen LogP contribution in [0.25, 0.3) is 28.0 Å². The van der Waals surface area contributed by atoms with Gasteiger partial charge < -0.3 is 0 Å². The van der Waals surface area contributed by atoms with Crippen LogP contribution in [0.15, 0.2) is 66.2 Å². The minimum Gasteiger partial charge on any atom is -0.0616 e. The highest BCUT2D eigenvalue weighted by molar-refractivity contribution is 5.99. The number of fused-ring (bicyclic) bond motifs is 2. The van der Waals surface area contributed by atoms with Crippen LogP contribution in [-0.2, 0) is 0 Å². The van der Waals surface area contributed by atoms with Gasteiger partial charge in [0.1, 0.15) is 0 Å². The van der Waals surface area contributed by atoms with Crippen molar-refractivity contribution < 1.29 is 0 Å². The molecule has 0 heteroatoms. The second-order valence-corrected chi connectivity index (χ2v) is 7.46. The van der Waals surface area contributed by atoms with Crippen molar-refractivity contribution in [3.63, 3.8) is 0 Å². The van der Waals surface area contributed by atoms with E-state index in [0.29, 0.717) is 0 Å². The molecule has 2 aliphatic carbocycles. The molecule has 1 radical (unpaired) electrons. The molecule has 0 nitrogen and oxygen atoms in total. The van der Waals surface area contributed by atoms with Crippen LogP contribution >= 0.6 is 0 Å². The lowest BCUT2D eigenvalue weighted by Gasteiger charge is -2.22. The summed E-state index contributed by atoms with van der Waals surface area (Å²) in [6, 6.07) is 22.1. The summed E-state index contributed by atoms with van der Waals surface area (Å²) in [5.74, 6) is 0.765. The van der Waals surface area contributed by atoms with Crippen molar-refractivity contribution in [2.24, 2.45) is 5.92 Å². The molecule has 1 fully saturated rings. The monoisotopic (exact) mass is 323 g/mol. The Morgan fingerprint density at radius 3 is 2.36 bits per heavy atom. The Balaban J connectivity index is 1.63. The molecule has 1 saturated carbocycles. The zero-order chi connectivity index (χ0) is 16.6. The van der Waals surface area contributed by atoms with E-state index < -0.39 is 0 Å². The largest absolute Gasteiger partial charge is 0.0616 e. The predicted octanol–water partition coefficient (Wildman–Crippen LogP) is 7.04. The predicted molar refractivity (Wildman–Crippen MR) is 107 cm³/mol. The topological polar surface area (TPSA) is 0 Å². The molecule has 2 aliphatic rings. The highest BCUT2D eigenvalue weighted by Crippen LogP contribution is 2.42. The van der Waals surface area contributed by atoms with Gasteiger partial charge in [0.25, 0.3) is 0 Å². The maximum absolute atomic E-state index is 2.47. The first-order valence-corrected chi connectivity index (χ1v) is 9.58. The van der Waals surface area contributed by atoms with Gasteiger partial charge in [0.2, 0.25) is 0 Å². The first kappa shape index (κ1) is 15.0. The fraction of sp³-hybridized carbons (Fsp3) is 0.240. The van der Waals surface area contributed by atoms with Crippen molar-refractivity contribution in [3.05, 3.63) is 83.8 Å². The van der Waals surface area contributed by atoms with Crippen molar-refractivity contribution >= 4 is 16.8 Å². The van der Waals surface area contributed by atoms with E-state index in [4.69, 9.17) is 0 Å². The Bertz CT molecular complexity index is 949. The van der Waals surface area contributed by atoms with Crippen LogP contribution in [0.5, 0.6) is 0 Å². The Kier molecular flexibility index (Phi) is 3.70. The van der Waals surface area contributed by atoms with E-state index in [1.807, 2.05) is 0 Å². The van der Waals surface area contributed by atoms with Crippen LogP contribution in [0.1, 0.15) is 43.2 Å². The van der Waals surface area contributed by atoms with Crippen LogP contribution in [0.3, 0.4) is 0 Å². The second-order valence-electron chi connectivity index (χ2n) is 7.46. The molecule has 0 aromatic heterocycles. The summed E-state index contributed by atoms with van der Waals surface area (Å²) in [5.41, 5.74) is 7.09. The highest BCUT2D eigenvalue weighted by Gasteiger charge is 2.24. The van der Waals surface area contributed by atoms with Crippen molar-refractivity contribution in [2.45, 2.75) is 32.1 Å². The molecule has 123 valence electrons. The number of rotatable bonds is 2. The Morgan fingerprint density at radius 1 is 0.680 bits per heavy atom.